The Kier molecular flexibility index (Phi) is 1.15. The molecule has 0 amide bonds. The molecule has 0 atom stereocenters. The number of aromatic amines is 1. The lowest BCUT2D eigenvalue weighted by Crippen LogP contribution is -2.06. The fraction of sp³-hybridized carbons (Fsp3) is 0. The molecule has 0 aromatic carbocycles. The van der Waals surface area contributed by atoms with Crippen LogP contribution in [0.15, 0.2) is 23.4 Å². The summed E-state index contributed by atoms with van der Waals surface area (Å²) < 4.78 is 0. The minimum absolute atomic E-state index is 0.254. The van der Waals surface area contributed by atoms with Crippen molar-refractivity contribution in [2.24, 2.45) is 0 Å². The van der Waals surface area contributed by atoms with Crippen LogP contribution in [0.25, 0.3) is 11.0 Å². The number of aromatic nitrogens is 4. The maximum absolute atomic E-state index is 10.7. The van der Waals surface area contributed by atoms with Crippen molar-refractivity contribution in [1.82, 2.24) is 20.2 Å². The van der Waals surface area contributed by atoms with E-state index in [1.165, 1.54) is 18.6 Å². The summed E-state index contributed by atoms with van der Waals surface area (Å²) in [5.41, 5.74) is 0.895. The van der Waals surface area contributed by atoms with Gasteiger partial charge in [0, 0.05) is 6.07 Å². The first kappa shape index (κ1) is 5.96. The van der Waals surface area contributed by atoms with Gasteiger partial charge in [0.25, 0.3) is 5.56 Å². The number of rotatable bonds is 0. The number of hydrogen-bond donors (Lipinski definition) is 1. The lowest BCUT2D eigenvalue weighted by molar-refractivity contribution is 1.01. The molecular formula is C6H4N4O. The van der Waals surface area contributed by atoms with E-state index >= 15 is 0 Å². The first-order valence-electron chi connectivity index (χ1n) is 3.02. The topological polar surface area (TPSA) is 71.5 Å². The van der Waals surface area contributed by atoms with Crippen LogP contribution in [0.5, 0.6) is 0 Å². The monoisotopic (exact) mass is 148 g/mol. The average Bonchev–Trinajstić information content (AvgIpc) is 2.04. The summed E-state index contributed by atoms with van der Waals surface area (Å²) in [7, 11) is 0. The van der Waals surface area contributed by atoms with Crippen LogP contribution in [0.4, 0.5) is 0 Å². The summed E-state index contributed by atoms with van der Waals surface area (Å²) >= 11 is 0. The van der Waals surface area contributed by atoms with E-state index in [0.717, 1.165) is 0 Å². The van der Waals surface area contributed by atoms with Crippen LogP contribution >= 0.6 is 0 Å². The molecule has 0 aliphatic rings. The summed E-state index contributed by atoms with van der Waals surface area (Å²) in [4.78, 5) is 18.3. The van der Waals surface area contributed by atoms with Crippen molar-refractivity contribution in [1.29, 1.82) is 0 Å². The van der Waals surface area contributed by atoms with Crippen LogP contribution < -0.4 is 5.56 Å². The van der Waals surface area contributed by atoms with Crippen molar-refractivity contribution >= 4 is 11.0 Å². The highest BCUT2D eigenvalue weighted by Crippen LogP contribution is 1.98. The lowest BCUT2D eigenvalue weighted by Gasteiger charge is -1.89. The van der Waals surface area contributed by atoms with Gasteiger partial charge in [-0.1, -0.05) is 0 Å². The van der Waals surface area contributed by atoms with Gasteiger partial charge < -0.3 is 0 Å². The fourth-order valence-electron chi connectivity index (χ4n) is 0.801. The molecule has 0 radical (unpaired) electrons. The largest absolute Gasteiger partial charge is 0.268 e. The molecule has 1 N–H and O–H groups in total. The Balaban J connectivity index is 2.94. The predicted octanol–water partition coefficient (Wildman–Crippen LogP) is -0.287. The van der Waals surface area contributed by atoms with E-state index in [1.807, 2.05) is 0 Å². The van der Waals surface area contributed by atoms with Gasteiger partial charge >= 0.3 is 0 Å². The summed E-state index contributed by atoms with van der Waals surface area (Å²) in [6.45, 7) is 0. The highest BCUT2D eigenvalue weighted by Gasteiger charge is 1.93. The van der Waals surface area contributed by atoms with E-state index in [2.05, 4.69) is 20.2 Å². The maximum atomic E-state index is 10.7. The van der Waals surface area contributed by atoms with Crippen LogP contribution in [-0.2, 0) is 0 Å². The number of nitrogens with one attached hydrogen (secondary N) is 1. The van der Waals surface area contributed by atoms with Gasteiger partial charge in [-0.25, -0.2) is 15.1 Å². The highest BCUT2D eigenvalue weighted by atomic mass is 16.1. The van der Waals surface area contributed by atoms with Crippen molar-refractivity contribution in [3.63, 3.8) is 0 Å². The molecule has 2 rings (SSSR count). The van der Waals surface area contributed by atoms with Gasteiger partial charge in [-0.15, -0.1) is 0 Å². The Morgan fingerprint density at radius 2 is 2.27 bits per heavy atom. The molecule has 0 aliphatic heterocycles. The number of hydrogen-bond acceptors (Lipinski definition) is 4. The molecule has 2 aromatic heterocycles. The fourth-order valence-corrected chi connectivity index (χ4v) is 0.801. The third-order valence-electron chi connectivity index (χ3n) is 1.28. The third kappa shape index (κ3) is 0.958. The van der Waals surface area contributed by atoms with Crippen molar-refractivity contribution in [3.8, 4) is 0 Å². The van der Waals surface area contributed by atoms with Crippen molar-refractivity contribution in [2.75, 3.05) is 0 Å². The standard InChI is InChI=1S/C6H4N4O/c11-6-1-4-5(9-10-6)2-7-3-8-4/h1-3H,(H,10,11). The molecule has 2 aromatic rings. The number of nitrogens with zero attached hydrogens (tertiary/aromatic N) is 3. The van der Waals surface area contributed by atoms with Crippen molar-refractivity contribution in [3.05, 3.63) is 28.9 Å². The van der Waals surface area contributed by atoms with E-state index < -0.39 is 0 Å². The lowest BCUT2D eigenvalue weighted by atomic mass is 10.4. The van der Waals surface area contributed by atoms with Gasteiger partial charge in [-0.05, 0) is 0 Å². The van der Waals surface area contributed by atoms with Crippen LogP contribution in [0, 0.1) is 0 Å². The van der Waals surface area contributed by atoms with Gasteiger partial charge in [-0.3, -0.25) is 4.79 Å². The molecule has 5 heteroatoms. The summed E-state index contributed by atoms with van der Waals surface area (Å²) in [5.74, 6) is 0. The zero-order chi connectivity index (χ0) is 7.68. The smallest absolute Gasteiger partial charge is 0.266 e. The molecule has 11 heavy (non-hydrogen) atoms. The van der Waals surface area contributed by atoms with Crippen molar-refractivity contribution < 1.29 is 0 Å². The summed E-state index contributed by atoms with van der Waals surface area (Å²) in [6.07, 6.45) is 2.92. The zero-order valence-electron chi connectivity index (χ0n) is 5.48. The van der Waals surface area contributed by atoms with E-state index in [-0.39, 0.29) is 5.56 Å². The molecule has 5 nitrogen and oxygen atoms in total. The summed E-state index contributed by atoms with van der Waals surface area (Å²) in [5, 5.41) is 6.01. The normalized spacial score (nSPS) is 10.2. The second-order valence-corrected chi connectivity index (χ2v) is 2.03. The molecule has 2 heterocycles. The van der Waals surface area contributed by atoms with Gasteiger partial charge in [0.05, 0.1) is 11.7 Å². The maximum Gasteiger partial charge on any atom is 0.266 e. The van der Waals surface area contributed by atoms with Crippen LogP contribution in [-0.4, -0.2) is 20.2 Å². The minimum atomic E-state index is -0.254. The SMILES string of the molecule is O=c1cc2ncncc2n[nH]1. The van der Waals surface area contributed by atoms with Crippen molar-refractivity contribution in [2.45, 2.75) is 0 Å². The molecule has 0 bridgehead atoms. The second-order valence-electron chi connectivity index (χ2n) is 2.03. The van der Waals surface area contributed by atoms with E-state index in [4.69, 9.17) is 0 Å². The molecule has 0 fully saturated rings. The summed E-state index contributed by atoms with van der Waals surface area (Å²) in [6, 6.07) is 1.38. The Morgan fingerprint density at radius 1 is 1.36 bits per heavy atom. The van der Waals surface area contributed by atoms with Crippen LogP contribution in [0.2, 0.25) is 0 Å². The Morgan fingerprint density at radius 3 is 3.18 bits per heavy atom. The number of fused-ring (bicyclic) bond motifs is 1. The molecule has 0 aliphatic carbocycles. The predicted molar refractivity (Wildman–Crippen MR) is 38.0 cm³/mol. The van der Waals surface area contributed by atoms with E-state index in [0.29, 0.717) is 11.0 Å². The molecule has 54 valence electrons. The highest BCUT2D eigenvalue weighted by molar-refractivity contribution is 5.70. The van der Waals surface area contributed by atoms with Crippen LogP contribution in [0.3, 0.4) is 0 Å². The molecule has 0 saturated carbocycles. The number of H-pyrrole nitrogens is 1. The quantitative estimate of drug-likeness (QED) is 0.557. The minimum Gasteiger partial charge on any atom is -0.268 e. The van der Waals surface area contributed by atoms with Gasteiger partial charge in [0.1, 0.15) is 11.8 Å². The Hall–Kier alpha value is -1.78. The van der Waals surface area contributed by atoms with Crippen LogP contribution in [0.1, 0.15) is 0 Å². The van der Waals surface area contributed by atoms with E-state index in [1.54, 1.807) is 0 Å². The Labute approximate surface area is 61.1 Å². The van der Waals surface area contributed by atoms with Gasteiger partial charge in [-0.2, -0.15) is 5.10 Å². The van der Waals surface area contributed by atoms with Gasteiger partial charge in [0.2, 0.25) is 0 Å². The van der Waals surface area contributed by atoms with E-state index in [9.17, 15) is 4.79 Å². The molecule has 0 unspecified atom stereocenters. The zero-order valence-corrected chi connectivity index (χ0v) is 5.48. The first-order chi connectivity index (χ1) is 5.36. The third-order valence-corrected chi connectivity index (χ3v) is 1.28. The average molecular weight is 148 g/mol. The Bertz CT molecular complexity index is 436. The molecular weight excluding hydrogens is 144 g/mol. The first-order valence-corrected chi connectivity index (χ1v) is 3.02. The molecule has 0 spiro atoms. The molecule has 0 saturated heterocycles. The van der Waals surface area contributed by atoms with Gasteiger partial charge in [0.15, 0.2) is 0 Å². The second kappa shape index (κ2) is 2.12.